The summed E-state index contributed by atoms with van der Waals surface area (Å²) in [5.74, 6) is 0.130. The number of hydrogen-bond donors (Lipinski definition) is 2. The third-order valence-corrected chi connectivity index (χ3v) is 6.60. The molecule has 4 rings (SSSR count). The van der Waals surface area contributed by atoms with Crippen LogP contribution in [0.5, 0.6) is 5.75 Å². The van der Waals surface area contributed by atoms with E-state index in [-0.39, 0.29) is 12.6 Å². The predicted octanol–water partition coefficient (Wildman–Crippen LogP) is 3.65. The summed E-state index contributed by atoms with van der Waals surface area (Å²) in [6, 6.07) is 12.2. The molecule has 2 heterocycles. The minimum Gasteiger partial charge on any atom is -0.496 e. The van der Waals surface area contributed by atoms with E-state index in [1.165, 1.54) is 5.56 Å². The second kappa shape index (κ2) is 11.0. The van der Waals surface area contributed by atoms with Crippen LogP contribution in [0.4, 0.5) is 10.5 Å². The fraction of sp³-hybridized carbons (Fsp3) is 0.385. The minimum absolute atomic E-state index is 0.236. The van der Waals surface area contributed by atoms with Crippen LogP contribution in [0.1, 0.15) is 24.1 Å². The number of piperazine rings is 1. The molecule has 0 radical (unpaired) electrons. The number of benzene rings is 2. The van der Waals surface area contributed by atoms with E-state index in [0.29, 0.717) is 29.1 Å². The first-order valence-corrected chi connectivity index (χ1v) is 12.1. The number of ether oxygens (including phenoxy) is 2. The molecule has 0 aliphatic carbocycles. The van der Waals surface area contributed by atoms with Gasteiger partial charge in [-0.25, -0.2) is 9.59 Å². The summed E-state index contributed by atoms with van der Waals surface area (Å²) in [6.07, 6.45) is 0. The van der Waals surface area contributed by atoms with Crippen LogP contribution in [-0.2, 0) is 9.53 Å². The van der Waals surface area contributed by atoms with Crippen molar-refractivity contribution >= 4 is 29.3 Å². The second-order valence-corrected chi connectivity index (χ2v) is 9.02. The molecule has 2 aromatic carbocycles. The lowest BCUT2D eigenvalue weighted by molar-refractivity contribution is -0.139. The van der Waals surface area contributed by atoms with Crippen LogP contribution >= 0.6 is 11.6 Å². The Morgan fingerprint density at radius 1 is 1.14 bits per heavy atom. The van der Waals surface area contributed by atoms with Crippen LogP contribution in [-0.4, -0.2) is 63.3 Å². The molecule has 1 atom stereocenters. The highest BCUT2D eigenvalue weighted by Crippen LogP contribution is 2.34. The molecular weight excluding hydrogens is 468 g/mol. The monoisotopic (exact) mass is 498 g/mol. The van der Waals surface area contributed by atoms with E-state index < -0.39 is 12.0 Å². The Labute approximate surface area is 210 Å². The van der Waals surface area contributed by atoms with Crippen LogP contribution in [0.25, 0.3) is 0 Å². The van der Waals surface area contributed by atoms with Gasteiger partial charge in [-0.2, -0.15) is 0 Å². The Balaban J connectivity index is 1.59. The van der Waals surface area contributed by atoms with Crippen molar-refractivity contribution in [2.75, 3.05) is 51.3 Å². The average Bonchev–Trinajstić information content (AvgIpc) is 2.85. The normalized spacial score (nSPS) is 18.7. The van der Waals surface area contributed by atoms with E-state index in [9.17, 15) is 9.59 Å². The molecule has 2 aliphatic heterocycles. The molecular formula is C26H31ClN4O4. The van der Waals surface area contributed by atoms with Crippen molar-refractivity contribution in [2.45, 2.75) is 19.9 Å². The maximum absolute atomic E-state index is 13.1. The minimum atomic E-state index is -0.677. The predicted molar refractivity (Wildman–Crippen MR) is 136 cm³/mol. The van der Waals surface area contributed by atoms with Gasteiger partial charge in [0.25, 0.3) is 0 Å². The smallest absolute Gasteiger partial charge is 0.338 e. The quantitative estimate of drug-likeness (QED) is 0.567. The second-order valence-electron chi connectivity index (χ2n) is 8.58. The van der Waals surface area contributed by atoms with Gasteiger partial charge in [-0.3, -0.25) is 4.90 Å². The summed E-state index contributed by atoms with van der Waals surface area (Å²) >= 11 is 6.22. The average molecular weight is 499 g/mol. The number of nitrogens with one attached hydrogen (secondary N) is 2. The van der Waals surface area contributed by atoms with E-state index in [0.717, 1.165) is 36.9 Å². The Kier molecular flexibility index (Phi) is 7.83. The van der Waals surface area contributed by atoms with Crippen molar-refractivity contribution in [1.82, 2.24) is 15.5 Å². The van der Waals surface area contributed by atoms with Crippen molar-refractivity contribution in [1.29, 1.82) is 0 Å². The fourth-order valence-corrected chi connectivity index (χ4v) is 4.79. The highest BCUT2D eigenvalue weighted by molar-refractivity contribution is 6.30. The molecule has 0 saturated carbocycles. The maximum Gasteiger partial charge on any atom is 0.338 e. The Bertz CT molecular complexity index is 1130. The summed E-state index contributed by atoms with van der Waals surface area (Å²) in [7, 11) is 1.57. The van der Waals surface area contributed by atoms with Crippen molar-refractivity contribution in [3.63, 3.8) is 0 Å². The van der Waals surface area contributed by atoms with Gasteiger partial charge in [-0.15, -0.1) is 0 Å². The topological polar surface area (TPSA) is 83.1 Å². The van der Waals surface area contributed by atoms with Gasteiger partial charge in [-0.1, -0.05) is 35.9 Å². The number of hydrogen-bond acceptors (Lipinski definition) is 6. The zero-order valence-electron chi connectivity index (χ0n) is 20.3. The van der Waals surface area contributed by atoms with Crippen molar-refractivity contribution < 1.29 is 19.1 Å². The standard InChI is InChI=1S/C26H31ClN4O4/c1-4-35-25(32)23-20(28-26(33)29-24(23)19-7-5-6-8-22(19)34-3)16-30-11-13-31(14-12-30)21-15-18(27)10-9-17(21)2/h5-10,15,24H,4,11-14,16H2,1-3H3,(H2,28,29,33)/t24-/m1/s1. The van der Waals surface area contributed by atoms with Gasteiger partial charge >= 0.3 is 12.0 Å². The molecule has 8 nitrogen and oxygen atoms in total. The zero-order chi connectivity index (χ0) is 24.9. The van der Waals surface area contributed by atoms with Gasteiger partial charge in [0.1, 0.15) is 5.75 Å². The molecule has 9 heteroatoms. The summed E-state index contributed by atoms with van der Waals surface area (Å²) in [4.78, 5) is 30.3. The summed E-state index contributed by atoms with van der Waals surface area (Å²) in [5.41, 5.74) is 3.96. The SMILES string of the molecule is CCOC(=O)C1=C(CN2CCN(c3cc(Cl)ccc3C)CC2)NC(=O)N[C@@H]1c1ccccc1OC. The van der Waals surface area contributed by atoms with Gasteiger partial charge in [0.2, 0.25) is 0 Å². The lowest BCUT2D eigenvalue weighted by Crippen LogP contribution is -2.52. The number of anilines is 1. The Morgan fingerprint density at radius 3 is 2.60 bits per heavy atom. The molecule has 2 aliphatic rings. The van der Waals surface area contributed by atoms with Gasteiger partial charge in [-0.05, 0) is 37.6 Å². The maximum atomic E-state index is 13.1. The van der Waals surface area contributed by atoms with Gasteiger partial charge in [0.05, 0.1) is 25.3 Å². The number of amides is 2. The molecule has 2 N–H and O–H groups in total. The molecule has 0 bridgehead atoms. The molecule has 0 unspecified atom stereocenters. The molecule has 2 amide bonds. The summed E-state index contributed by atoms with van der Waals surface area (Å²) in [6.45, 7) is 7.67. The number of urea groups is 1. The van der Waals surface area contributed by atoms with Gasteiger partial charge in [0.15, 0.2) is 0 Å². The van der Waals surface area contributed by atoms with E-state index in [1.807, 2.05) is 42.5 Å². The van der Waals surface area contributed by atoms with Crippen LogP contribution in [0, 0.1) is 6.92 Å². The van der Waals surface area contributed by atoms with Crippen LogP contribution in [0.3, 0.4) is 0 Å². The molecule has 1 fully saturated rings. The number of nitrogens with zero attached hydrogens (tertiary/aromatic N) is 2. The largest absolute Gasteiger partial charge is 0.496 e. The van der Waals surface area contributed by atoms with Crippen molar-refractivity contribution in [3.05, 3.63) is 69.9 Å². The van der Waals surface area contributed by atoms with E-state index in [4.69, 9.17) is 21.1 Å². The molecule has 0 aromatic heterocycles. The lowest BCUT2D eigenvalue weighted by atomic mass is 9.94. The van der Waals surface area contributed by atoms with Crippen molar-refractivity contribution in [2.24, 2.45) is 0 Å². The number of para-hydroxylation sites is 1. The number of rotatable bonds is 7. The number of carbonyl (C=O) groups is 2. The Morgan fingerprint density at radius 2 is 1.89 bits per heavy atom. The molecule has 35 heavy (non-hydrogen) atoms. The third-order valence-electron chi connectivity index (χ3n) is 6.36. The fourth-order valence-electron chi connectivity index (χ4n) is 4.62. The molecule has 1 saturated heterocycles. The van der Waals surface area contributed by atoms with Gasteiger partial charge in [0, 0.05) is 54.7 Å². The molecule has 0 spiro atoms. The first-order valence-electron chi connectivity index (χ1n) is 11.7. The highest BCUT2D eigenvalue weighted by Gasteiger charge is 2.36. The highest BCUT2D eigenvalue weighted by atomic mass is 35.5. The zero-order valence-corrected chi connectivity index (χ0v) is 21.0. The van der Waals surface area contributed by atoms with E-state index >= 15 is 0 Å². The number of carbonyl (C=O) groups excluding carboxylic acids is 2. The number of aryl methyl sites for hydroxylation is 1. The lowest BCUT2D eigenvalue weighted by Gasteiger charge is -2.38. The summed E-state index contributed by atoms with van der Waals surface area (Å²) < 4.78 is 10.9. The van der Waals surface area contributed by atoms with Crippen molar-refractivity contribution in [3.8, 4) is 5.75 Å². The number of esters is 1. The number of halogens is 1. The van der Waals surface area contributed by atoms with Crippen LogP contribution < -0.4 is 20.3 Å². The molecule has 2 aromatic rings. The number of methoxy groups -OCH3 is 1. The molecule has 186 valence electrons. The summed E-state index contributed by atoms with van der Waals surface area (Å²) in [5, 5.41) is 6.46. The van der Waals surface area contributed by atoms with Crippen LogP contribution in [0.15, 0.2) is 53.7 Å². The first kappa shape index (κ1) is 24.9. The van der Waals surface area contributed by atoms with E-state index in [2.05, 4.69) is 27.4 Å². The van der Waals surface area contributed by atoms with E-state index in [1.54, 1.807) is 14.0 Å². The first-order chi connectivity index (χ1) is 16.9. The Hall–Kier alpha value is -3.23. The van der Waals surface area contributed by atoms with Gasteiger partial charge < -0.3 is 25.0 Å². The third kappa shape index (κ3) is 5.55. The van der Waals surface area contributed by atoms with Crippen LogP contribution in [0.2, 0.25) is 5.02 Å².